The molecule has 1 aromatic rings. The third-order valence-corrected chi connectivity index (χ3v) is 12.9. The van der Waals surface area contributed by atoms with Gasteiger partial charge in [0, 0.05) is 59.4 Å². The van der Waals surface area contributed by atoms with Crippen LogP contribution in [0, 0.1) is 11.8 Å². The van der Waals surface area contributed by atoms with E-state index in [1.165, 1.54) is 26.4 Å². The van der Waals surface area contributed by atoms with Gasteiger partial charge in [-0.25, -0.2) is 4.79 Å². The topological polar surface area (TPSA) is 210 Å². The molecular formula is C49H74N6O11. The third kappa shape index (κ3) is 15.2. The lowest BCUT2D eigenvalue weighted by Gasteiger charge is -2.39. The van der Waals surface area contributed by atoms with Gasteiger partial charge >= 0.3 is 5.97 Å². The minimum Gasteiger partial charge on any atom is -0.458 e. The highest BCUT2D eigenvalue weighted by molar-refractivity contribution is 6.12. The number of nitrogens with one attached hydrogen (secondary N) is 3. The number of carbonyl (C=O) groups is 8. The molecule has 2 heterocycles. The number of imide groups is 1. The number of esters is 1. The van der Waals surface area contributed by atoms with E-state index in [1.807, 2.05) is 30.3 Å². The molecule has 1 saturated carbocycles. The molecule has 0 aromatic heterocycles. The monoisotopic (exact) mass is 923 g/mol. The number of likely N-dealkylation sites (tertiary alicyclic amines) is 1. The number of benzene rings is 1. The molecule has 17 nitrogen and oxygen atoms in total. The largest absolute Gasteiger partial charge is 0.458 e. The lowest BCUT2D eigenvalue weighted by Crippen LogP contribution is -2.57. The van der Waals surface area contributed by atoms with Crippen LogP contribution in [0.2, 0.25) is 0 Å². The number of methoxy groups -OCH3 is 2. The molecule has 1 aliphatic carbocycles. The zero-order valence-electron chi connectivity index (χ0n) is 40.5. The average Bonchev–Trinajstić information content (AvgIpc) is 4.04. The highest BCUT2D eigenvalue weighted by Gasteiger charge is 2.44. The molecule has 6 unspecified atom stereocenters. The fraction of sp³-hybridized carbons (Fsp3) is 0.673. The van der Waals surface area contributed by atoms with Crippen LogP contribution in [0.25, 0.3) is 0 Å². The molecule has 3 N–H and O–H groups in total. The fourth-order valence-corrected chi connectivity index (χ4v) is 9.33. The van der Waals surface area contributed by atoms with Crippen molar-refractivity contribution in [3.05, 3.63) is 48.0 Å². The van der Waals surface area contributed by atoms with Crippen molar-refractivity contribution in [1.82, 2.24) is 30.7 Å². The molecule has 2 aliphatic heterocycles. The number of rotatable bonds is 24. The number of carbonyl (C=O) groups excluding carboxylic acids is 8. The molecule has 0 spiro atoms. The molecule has 1 aromatic carbocycles. The lowest BCUT2D eigenvalue weighted by molar-refractivity contribution is -0.159. The van der Waals surface area contributed by atoms with Crippen LogP contribution < -0.4 is 16.0 Å². The summed E-state index contributed by atoms with van der Waals surface area (Å²) in [5, 5.41) is 8.34. The number of ether oxygens (including phenoxy) is 3. The Morgan fingerprint density at radius 1 is 0.864 bits per heavy atom. The van der Waals surface area contributed by atoms with Crippen LogP contribution >= 0.6 is 0 Å². The molecule has 0 radical (unpaired) electrons. The van der Waals surface area contributed by atoms with Gasteiger partial charge in [0.2, 0.25) is 29.5 Å². The van der Waals surface area contributed by atoms with E-state index in [9.17, 15) is 38.4 Å². The second kappa shape index (κ2) is 24.6. The Morgan fingerprint density at radius 2 is 1.52 bits per heavy atom. The Balaban J connectivity index is 1.35. The number of hydrogen-bond acceptors (Lipinski definition) is 11. The quantitative estimate of drug-likeness (QED) is 0.0775. The predicted molar refractivity (Wildman–Crippen MR) is 246 cm³/mol. The Labute approximate surface area is 390 Å². The van der Waals surface area contributed by atoms with E-state index >= 15 is 0 Å². The highest BCUT2D eigenvalue weighted by atomic mass is 16.6. The molecule has 0 bridgehead atoms. The van der Waals surface area contributed by atoms with Crippen molar-refractivity contribution in [2.45, 2.75) is 160 Å². The van der Waals surface area contributed by atoms with E-state index < -0.39 is 65.2 Å². The molecular weight excluding hydrogens is 849 g/mol. The normalized spacial score (nSPS) is 19.0. The summed E-state index contributed by atoms with van der Waals surface area (Å²) in [4.78, 5) is 110. The second-order valence-corrected chi connectivity index (χ2v) is 19.4. The molecule has 366 valence electrons. The predicted octanol–water partition coefficient (Wildman–Crippen LogP) is 3.62. The first-order valence-corrected chi connectivity index (χ1v) is 23.5. The first-order chi connectivity index (χ1) is 31.2. The zero-order valence-corrected chi connectivity index (χ0v) is 40.5. The van der Waals surface area contributed by atoms with Gasteiger partial charge in [0.05, 0.1) is 43.2 Å². The van der Waals surface area contributed by atoms with Crippen molar-refractivity contribution < 1.29 is 52.6 Å². The third-order valence-electron chi connectivity index (χ3n) is 12.9. The van der Waals surface area contributed by atoms with Gasteiger partial charge in [-0.05, 0) is 84.6 Å². The molecule has 7 amide bonds. The van der Waals surface area contributed by atoms with Gasteiger partial charge < -0.3 is 40.0 Å². The Morgan fingerprint density at radius 3 is 2.12 bits per heavy atom. The van der Waals surface area contributed by atoms with Gasteiger partial charge in [0.1, 0.15) is 17.2 Å². The number of likely N-dealkylation sites (N-methyl/N-ethyl adjacent to an activating group) is 1. The van der Waals surface area contributed by atoms with E-state index in [1.54, 1.807) is 58.4 Å². The summed E-state index contributed by atoms with van der Waals surface area (Å²) in [6.45, 7) is 10.5. The zero-order chi connectivity index (χ0) is 48.8. The lowest BCUT2D eigenvalue weighted by atomic mass is 9.89. The molecule has 4 rings (SSSR count). The standard InChI is InChI=1S/C49H74N6O11/c1-32(45(61)51-35(46(62)66-48(2,3)4)29-33-19-12-10-13-20-33)44(65-9)36-23-18-28-54(36)41(59)30-37(64-8)43(34-21-15-16-22-34)53(7)42(60)31-50-47(63)49(5,6)52-38(56)24-14-11-17-27-55-39(57)25-26-40(55)58/h10,12-13,19-20,25-26,32,34-37,43-44H,11,14-18,21-24,27-31H2,1-9H3,(H,50,63)(H,51,61)(H,52,56). The van der Waals surface area contributed by atoms with Crippen molar-refractivity contribution in [1.29, 1.82) is 0 Å². The van der Waals surface area contributed by atoms with Crippen LogP contribution in [0.3, 0.4) is 0 Å². The minimum atomic E-state index is -1.32. The SMILES string of the molecule is COC(CC(=O)N1CCCC1C(OC)C(C)C(=O)NC(Cc1ccccc1)C(=O)OC(C)(C)C)C(C1CCCC1)N(C)C(=O)CNC(=O)C(C)(C)NC(=O)CCCCCN1C(=O)C=CC1=O. The maximum absolute atomic E-state index is 14.3. The number of unbranched alkanes of at least 4 members (excludes halogenated alkanes) is 2. The first kappa shape index (κ1) is 53.5. The molecule has 66 heavy (non-hydrogen) atoms. The minimum absolute atomic E-state index is 0.0300. The molecule has 2 fully saturated rings. The van der Waals surface area contributed by atoms with Gasteiger partial charge in [0.25, 0.3) is 11.8 Å². The van der Waals surface area contributed by atoms with Crippen LogP contribution in [0.4, 0.5) is 0 Å². The Kier molecular flexibility index (Phi) is 19.9. The van der Waals surface area contributed by atoms with Gasteiger partial charge in [-0.1, -0.05) is 56.5 Å². The van der Waals surface area contributed by atoms with Crippen LogP contribution in [-0.4, -0.2) is 144 Å². The van der Waals surface area contributed by atoms with Crippen molar-refractivity contribution >= 4 is 47.3 Å². The summed E-state index contributed by atoms with van der Waals surface area (Å²) in [5.74, 6) is -3.79. The smallest absolute Gasteiger partial charge is 0.329 e. The summed E-state index contributed by atoms with van der Waals surface area (Å²) in [5.41, 5.74) is -1.23. The summed E-state index contributed by atoms with van der Waals surface area (Å²) in [6.07, 6.45) is 8.02. The van der Waals surface area contributed by atoms with Crippen molar-refractivity contribution in [3.63, 3.8) is 0 Å². The van der Waals surface area contributed by atoms with E-state index in [2.05, 4.69) is 16.0 Å². The van der Waals surface area contributed by atoms with Crippen molar-refractivity contribution in [2.24, 2.45) is 11.8 Å². The molecule has 3 aliphatic rings. The molecule has 6 atom stereocenters. The summed E-state index contributed by atoms with van der Waals surface area (Å²) < 4.78 is 17.7. The summed E-state index contributed by atoms with van der Waals surface area (Å²) >= 11 is 0. The maximum Gasteiger partial charge on any atom is 0.329 e. The van der Waals surface area contributed by atoms with Gasteiger partial charge in [-0.3, -0.25) is 38.5 Å². The Hall–Kier alpha value is -5.16. The number of hydrogen-bond donors (Lipinski definition) is 3. The number of amides is 7. The van der Waals surface area contributed by atoms with E-state index in [0.717, 1.165) is 36.1 Å². The first-order valence-electron chi connectivity index (χ1n) is 23.5. The van der Waals surface area contributed by atoms with Gasteiger partial charge in [0.15, 0.2) is 0 Å². The van der Waals surface area contributed by atoms with Gasteiger partial charge in [-0.2, -0.15) is 0 Å². The number of nitrogens with zero attached hydrogens (tertiary/aromatic N) is 3. The fourth-order valence-electron chi connectivity index (χ4n) is 9.33. The van der Waals surface area contributed by atoms with Crippen LogP contribution in [-0.2, 0) is 59.0 Å². The van der Waals surface area contributed by atoms with Gasteiger partial charge in [-0.15, -0.1) is 0 Å². The molecule has 1 saturated heterocycles. The van der Waals surface area contributed by atoms with E-state index in [-0.39, 0.29) is 67.8 Å². The van der Waals surface area contributed by atoms with Crippen molar-refractivity contribution in [2.75, 3.05) is 40.9 Å². The maximum atomic E-state index is 14.3. The van der Waals surface area contributed by atoms with Crippen molar-refractivity contribution in [3.8, 4) is 0 Å². The van der Waals surface area contributed by atoms with E-state index in [0.29, 0.717) is 38.6 Å². The van der Waals surface area contributed by atoms with Crippen LogP contribution in [0.1, 0.15) is 118 Å². The highest BCUT2D eigenvalue weighted by Crippen LogP contribution is 2.34. The van der Waals surface area contributed by atoms with Crippen LogP contribution in [0.15, 0.2) is 42.5 Å². The Bertz CT molecular complexity index is 1870. The van der Waals surface area contributed by atoms with Crippen LogP contribution in [0.5, 0.6) is 0 Å². The summed E-state index contributed by atoms with van der Waals surface area (Å²) in [6, 6.07) is 7.51. The molecule has 17 heteroatoms. The van der Waals surface area contributed by atoms with E-state index in [4.69, 9.17) is 14.2 Å². The second-order valence-electron chi connectivity index (χ2n) is 19.4. The summed E-state index contributed by atoms with van der Waals surface area (Å²) in [7, 11) is 4.70. The average molecular weight is 923 g/mol.